The molecule has 1 saturated carbocycles. The normalized spacial score (nSPS) is 16.3. The van der Waals surface area contributed by atoms with Crippen molar-refractivity contribution in [1.82, 2.24) is 5.32 Å². The third kappa shape index (κ3) is 3.71. The molecule has 1 aliphatic carbocycles. The van der Waals surface area contributed by atoms with E-state index in [1.165, 1.54) is 19.8 Å². The van der Waals surface area contributed by atoms with Gasteiger partial charge in [0.2, 0.25) is 0 Å². The Balaban J connectivity index is 2.02. The topological polar surface area (TPSA) is 58.6 Å². The third-order valence-electron chi connectivity index (χ3n) is 2.84. The van der Waals surface area contributed by atoms with E-state index in [1.807, 2.05) is 12.1 Å². The average molecular weight is 314 g/mol. The summed E-state index contributed by atoms with van der Waals surface area (Å²) in [7, 11) is 0. The molecule has 1 aromatic carbocycles. The van der Waals surface area contributed by atoms with E-state index in [-0.39, 0.29) is 0 Å². The number of nitrogens with one attached hydrogen (secondary N) is 1. The van der Waals surface area contributed by atoms with Crippen LogP contribution in [0.1, 0.15) is 25.3 Å². The number of ether oxygens (including phenoxy) is 1. The maximum Gasteiger partial charge on any atom is 0.344 e. The predicted octanol–water partition coefficient (Wildman–Crippen LogP) is 2.55. The van der Waals surface area contributed by atoms with Gasteiger partial charge in [-0.1, -0.05) is 15.9 Å². The zero-order valence-electron chi connectivity index (χ0n) is 10.1. The number of rotatable bonds is 6. The van der Waals surface area contributed by atoms with Crippen LogP contribution in [0.15, 0.2) is 22.7 Å². The molecule has 0 amide bonds. The molecule has 0 bridgehead atoms. The lowest BCUT2D eigenvalue weighted by Gasteiger charge is -2.13. The Morgan fingerprint density at radius 2 is 2.33 bits per heavy atom. The molecule has 0 heterocycles. The zero-order valence-corrected chi connectivity index (χ0v) is 11.7. The number of aliphatic carboxylic acids is 1. The summed E-state index contributed by atoms with van der Waals surface area (Å²) in [6, 6.07) is 6.16. The van der Waals surface area contributed by atoms with Gasteiger partial charge in [0.15, 0.2) is 6.10 Å². The molecule has 18 heavy (non-hydrogen) atoms. The number of carbonyl (C=O) groups is 1. The first-order chi connectivity index (χ1) is 8.56. The summed E-state index contributed by atoms with van der Waals surface area (Å²) in [5, 5.41) is 12.2. The van der Waals surface area contributed by atoms with Gasteiger partial charge in [-0.05, 0) is 43.5 Å². The molecule has 98 valence electrons. The van der Waals surface area contributed by atoms with Gasteiger partial charge < -0.3 is 15.2 Å². The maximum absolute atomic E-state index is 10.7. The Morgan fingerprint density at radius 3 is 2.94 bits per heavy atom. The molecule has 2 N–H and O–H groups in total. The van der Waals surface area contributed by atoms with Crippen LogP contribution in [-0.4, -0.2) is 23.2 Å². The highest BCUT2D eigenvalue weighted by atomic mass is 79.9. The quantitative estimate of drug-likeness (QED) is 0.847. The van der Waals surface area contributed by atoms with Crippen LogP contribution in [0.4, 0.5) is 0 Å². The summed E-state index contributed by atoms with van der Waals surface area (Å²) in [6.07, 6.45) is 1.64. The van der Waals surface area contributed by atoms with Gasteiger partial charge in [-0.2, -0.15) is 0 Å². The summed E-state index contributed by atoms with van der Waals surface area (Å²) in [5.74, 6) is -0.378. The standard InChI is InChI=1S/C13H16BrNO3/c1-8(13(16)17)18-11-4-5-12(14)9(6-11)7-15-10-2-3-10/h4-6,8,10,15H,2-3,7H2,1H3,(H,16,17). The van der Waals surface area contributed by atoms with Crippen molar-refractivity contribution < 1.29 is 14.6 Å². The Kier molecular flexibility index (Phi) is 4.24. The first-order valence-electron chi connectivity index (χ1n) is 5.97. The van der Waals surface area contributed by atoms with Crippen molar-refractivity contribution in [1.29, 1.82) is 0 Å². The second kappa shape index (κ2) is 5.71. The summed E-state index contributed by atoms with van der Waals surface area (Å²) in [4.78, 5) is 10.7. The molecule has 0 saturated heterocycles. The van der Waals surface area contributed by atoms with Gasteiger partial charge in [-0.15, -0.1) is 0 Å². The number of benzene rings is 1. The van der Waals surface area contributed by atoms with E-state index in [9.17, 15) is 4.79 Å². The minimum atomic E-state index is -0.962. The largest absolute Gasteiger partial charge is 0.479 e. The monoisotopic (exact) mass is 313 g/mol. The van der Waals surface area contributed by atoms with Crippen molar-refractivity contribution in [2.75, 3.05) is 0 Å². The lowest BCUT2D eigenvalue weighted by Crippen LogP contribution is -2.23. The highest BCUT2D eigenvalue weighted by Gasteiger charge is 2.20. The smallest absolute Gasteiger partial charge is 0.344 e. The number of carboxylic acid groups (broad SMARTS) is 1. The molecule has 0 spiro atoms. The Hall–Kier alpha value is -1.07. The molecule has 1 unspecified atom stereocenters. The zero-order chi connectivity index (χ0) is 13.1. The average Bonchev–Trinajstić information content (AvgIpc) is 3.13. The molecule has 0 aromatic heterocycles. The van der Waals surface area contributed by atoms with E-state index in [0.717, 1.165) is 16.6 Å². The van der Waals surface area contributed by atoms with E-state index in [4.69, 9.17) is 9.84 Å². The van der Waals surface area contributed by atoms with E-state index >= 15 is 0 Å². The molecule has 5 heteroatoms. The number of carboxylic acids is 1. The van der Waals surface area contributed by atoms with Crippen LogP contribution in [0.25, 0.3) is 0 Å². The molecule has 1 aromatic rings. The van der Waals surface area contributed by atoms with E-state index in [2.05, 4.69) is 21.2 Å². The van der Waals surface area contributed by atoms with Crippen molar-refractivity contribution in [3.63, 3.8) is 0 Å². The van der Waals surface area contributed by atoms with Gasteiger partial charge in [-0.3, -0.25) is 0 Å². The second-order valence-electron chi connectivity index (χ2n) is 4.51. The molecule has 0 aliphatic heterocycles. The molecule has 1 atom stereocenters. The van der Waals surface area contributed by atoms with E-state index < -0.39 is 12.1 Å². The minimum Gasteiger partial charge on any atom is -0.479 e. The first-order valence-corrected chi connectivity index (χ1v) is 6.77. The highest BCUT2D eigenvalue weighted by molar-refractivity contribution is 9.10. The van der Waals surface area contributed by atoms with Crippen LogP contribution in [0.2, 0.25) is 0 Å². The summed E-state index contributed by atoms with van der Waals surface area (Å²) < 4.78 is 6.35. The van der Waals surface area contributed by atoms with Crippen LogP contribution in [0, 0.1) is 0 Å². The van der Waals surface area contributed by atoms with Crippen molar-refractivity contribution in [2.24, 2.45) is 0 Å². The van der Waals surface area contributed by atoms with Crippen LogP contribution in [0.3, 0.4) is 0 Å². The third-order valence-corrected chi connectivity index (χ3v) is 3.61. The minimum absolute atomic E-state index is 0.584. The molecule has 0 radical (unpaired) electrons. The fourth-order valence-electron chi connectivity index (χ4n) is 1.56. The fraction of sp³-hybridized carbons (Fsp3) is 0.462. The number of hydrogen-bond donors (Lipinski definition) is 2. The molecule has 2 rings (SSSR count). The summed E-state index contributed by atoms with van der Waals surface area (Å²) >= 11 is 3.48. The van der Waals surface area contributed by atoms with E-state index in [1.54, 1.807) is 6.07 Å². The lowest BCUT2D eigenvalue weighted by atomic mass is 10.2. The van der Waals surface area contributed by atoms with Crippen LogP contribution in [-0.2, 0) is 11.3 Å². The van der Waals surface area contributed by atoms with Crippen LogP contribution < -0.4 is 10.1 Å². The molecular formula is C13H16BrNO3. The van der Waals surface area contributed by atoms with Crippen LogP contribution >= 0.6 is 15.9 Å². The van der Waals surface area contributed by atoms with Crippen molar-refractivity contribution >= 4 is 21.9 Å². The summed E-state index contributed by atoms with van der Waals surface area (Å²) in [5.41, 5.74) is 1.08. The van der Waals surface area contributed by atoms with Crippen molar-refractivity contribution in [3.8, 4) is 5.75 Å². The molecule has 4 nitrogen and oxygen atoms in total. The molecule has 1 fully saturated rings. The highest BCUT2D eigenvalue weighted by Crippen LogP contribution is 2.25. The van der Waals surface area contributed by atoms with Gasteiger partial charge in [0.1, 0.15) is 5.75 Å². The first kappa shape index (κ1) is 13.4. The SMILES string of the molecule is CC(Oc1ccc(Br)c(CNC2CC2)c1)C(=O)O. The van der Waals surface area contributed by atoms with Gasteiger partial charge in [0.25, 0.3) is 0 Å². The van der Waals surface area contributed by atoms with Gasteiger partial charge in [-0.25, -0.2) is 4.79 Å². The van der Waals surface area contributed by atoms with Gasteiger partial charge >= 0.3 is 5.97 Å². The Labute approximate surface area is 114 Å². The van der Waals surface area contributed by atoms with Crippen molar-refractivity contribution in [3.05, 3.63) is 28.2 Å². The number of halogens is 1. The predicted molar refractivity (Wildman–Crippen MR) is 71.7 cm³/mol. The second-order valence-corrected chi connectivity index (χ2v) is 5.36. The van der Waals surface area contributed by atoms with Gasteiger partial charge in [0, 0.05) is 17.1 Å². The fourth-order valence-corrected chi connectivity index (χ4v) is 1.94. The molecular weight excluding hydrogens is 298 g/mol. The van der Waals surface area contributed by atoms with Gasteiger partial charge in [0.05, 0.1) is 0 Å². The maximum atomic E-state index is 10.7. The number of hydrogen-bond acceptors (Lipinski definition) is 3. The van der Waals surface area contributed by atoms with Crippen molar-refractivity contribution in [2.45, 2.75) is 38.5 Å². The lowest BCUT2D eigenvalue weighted by molar-refractivity contribution is -0.144. The molecule has 1 aliphatic rings. The Morgan fingerprint density at radius 1 is 1.61 bits per heavy atom. The summed E-state index contributed by atoms with van der Waals surface area (Å²) in [6.45, 7) is 2.29. The van der Waals surface area contributed by atoms with Crippen LogP contribution in [0.5, 0.6) is 5.75 Å². The van der Waals surface area contributed by atoms with E-state index in [0.29, 0.717) is 11.8 Å². The Bertz CT molecular complexity index is 446.